The number of carbonyl (C=O) groups is 1. The van der Waals surface area contributed by atoms with Crippen molar-refractivity contribution in [2.45, 2.75) is 83.7 Å². The Morgan fingerprint density at radius 1 is 1.11 bits per heavy atom. The largest absolute Gasteiger partial charge is 0.502 e. The predicted molar refractivity (Wildman–Crippen MR) is 77.1 cm³/mol. The number of carbonyl (C=O) groups excluding carboxylic acids is 1. The zero-order valence-electron chi connectivity index (χ0n) is 12.2. The quantitative estimate of drug-likeness (QED) is 0.463. The van der Waals surface area contributed by atoms with Crippen LogP contribution in [0.2, 0.25) is 0 Å². The maximum absolute atomic E-state index is 11.1. The Bertz CT molecular complexity index is 284. The number of rotatable bonds is 10. The van der Waals surface area contributed by atoms with Gasteiger partial charge in [0.1, 0.15) is 6.10 Å². The van der Waals surface area contributed by atoms with Gasteiger partial charge in [-0.3, -0.25) is 0 Å². The highest BCUT2D eigenvalue weighted by atomic mass is 16.6. The molecule has 1 aliphatic rings. The summed E-state index contributed by atoms with van der Waals surface area (Å²) in [6.07, 6.45) is 14.9. The molecule has 0 aliphatic carbocycles. The second kappa shape index (κ2) is 9.88. The molecule has 3 nitrogen and oxygen atoms in total. The summed E-state index contributed by atoms with van der Waals surface area (Å²) in [5.74, 6) is -0.796. The van der Waals surface area contributed by atoms with Gasteiger partial charge in [0.05, 0.1) is 0 Å². The molecule has 0 saturated heterocycles. The molecule has 19 heavy (non-hydrogen) atoms. The molecule has 1 aliphatic heterocycles. The van der Waals surface area contributed by atoms with Crippen molar-refractivity contribution >= 4 is 5.97 Å². The van der Waals surface area contributed by atoms with Crippen LogP contribution in [0.5, 0.6) is 0 Å². The maximum Gasteiger partial charge on any atom is 0.373 e. The zero-order chi connectivity index (χ0) is 13.9. The van der Waals surface area contributed by atoms with Gasteiger partial charge in [0.15, 0.2) is 5.76 Å². The van der Waals surface area contributed by atoms with Crippen LogP contribution in [0, 0.1) is 0 Å². The number of esters is 1. The zero-order valence-corrected chi connectivity index (χ0v) is 12.2. The van der Waals surface area contributed by atoms with Gasteiger partial charge in [0.25, 0.3) is 0 Å². The third kappa shape index (κ3) is 7.24. The van der Waals surface area contributed by atoms with Crippen molar-refractivity contribution in [3.05, 3.63) is 11.8 Å². The maximum atomic E-state index is 11.1. The molecule has 1 unspecified atom stereocenters. The average molecular weight is 268 g/mol. The van der Waals surface area contributed by atoms with Crippen LogP contribution >= 0.6 is 0 Å². The van der Waals surface area contributed by atoms with Gasteiger partial charge in [0, 0.05) is 6.42 Å². The monoisotopic (exact) mass is 268 g/mol. The average Bonchev–Trinajstić information content (AvgIpc) is 2.41. The number of unbranched alkanes of at least 4 members (excludes halogenated alkanes) is 8. The third-order valence-electron chi connectivity index (χ3n) is 3.69. The van der Waals surface area contributed by atoms with Gasteiger partial charge in [-0.2, -0.15) is 0 Å². The van der Waals surface area contributed by atoms with Gasteiger partial charge in [-0.25, -0.2) is 4.79 Å². The summed E-state index contributed by atoms with van der Waals surface area (Å²) in [6, 6.07) is 0. The van der Waals surface area contributed by atoms with E-state index in [9.17, 15) is 4.79 Å². The van der Waals surface area contributed by atoms with Crippen LogP contribution in [0.4, 0.5) is 0 Å². The fourth-order valence-corrected chi connectivity index (χ4v) is 2.45. The summed E-state index contributed by atoms with van der Waals surface area (Å²) >= 11 is 0. The van der Waals surface area contributed by atoms with Crippen molar-refractivity contribution in [1.29, 1.82) is 0 Å². The lowest BCUT2D eigenvalue weighted by Crippen LogP contribution is -2.23. The van der Waals surface area contributed by atoms with E-state index in [1.54, 1.807) is 6.08 Å². The number of aliphatic hydroxyl groups excluding tert-OH is 1. The summed E-state index contributed by atoms with van der Waals surface area (Å²) in [6.45, 7) is 2.24. The SMILES string of the molecule is CCCCCCCCCCCC1CC=C(O)C(=O)O1. The van der Waals surface area contributed by atoms with Crippen LogP contribution in [0.15, 0.2) is 11.8 Å². The van der Waals surface area contributed by atoms with E-state index in [2.05, 4.69) is 6.92 Å². The Hall–Kier alpha value is -0.990. The summed E-state index contributed by atoms with van der Waals surface area (Å²) in [4.78, 5) is 11.1. The molecule has 110 valence electrons. The number of aliphatic hydroxyl groups is 1. The van der Waals surface area contributed by atoms with Crippen molar-refractivity contribution in [2.24, 2.45) is 0 Å². The normalized spacial score (nSPS) is 19.1. The van der Waals surface area contributed by atoms with Crippen molar-refractivity contribution < 1.29 is 14.6 Å². The van der Waals surface area contributed by atoms with Crippen LogP contribution in [-0.2, 0) is 9.53 Å². The first-order valence-corrected chi connectivity index (χ1v) is 7.84. The van der Waals surface area contributed by atoms with Crippen molar-refractivity contribution in [3.8, 4) is 0 Å². The fourth-order valence-electron chi connectivity index (χ4n) is 2.45. The highest BCUT2D eigenvalue weighted by Crippen LogP contribution is 2.18. The van der Waals surface area contributed by atoms with Gasteiger partial charge >= 0.3 is 5.97 Å². The lowest BCUT2D eigenvalue weighted by molar-refractivity contribution is -0.149. The second-order valence-corrected chi connectivity index (χ2v) is 5.47. The molecular weight excluding hydrogens is 240 g/mol. The summed E-state index contributed by atoms with van der Waals surface area (Å²) in [5.41, 5.74) is 0. The molecule has 0 aromatic carbocycles. The molecule has 1 atom stereocenters. The van der Waals surface area contributed by atoms with Crippen LogP contribution in [0.1, 0.15) is 77.6 Å². The van der Waals surface area contributed by atoms with Crippen molar-refractivity contribution in [3.63, 3.8) is 0 Å². The lowest BCUT2D eigenvalue weighted by atomic mass is 10.0. The van der Waals surface area contributed by atoms with E-state index in [0.29, 0.717) is 6.42 Å². The van der Waals surface area contributed by atoms with E-state index in [1.807, 2.05) is 0 Å². The van der Waals surface area contributed by atoms with Gasteiger partial charge in [0.2, 0.25) is 0 Å². The molecule has 1 N–H and O–H groups in total. The Kier molecular flexibility index (Phi) is 8.35. The first kappa shape index (κ1) is 16.1. The smallest absolute Gasteiger partial charge is 0.373 e. The molecule has 0 bridgehead atoms. The van der Waals surface area contributed by atoms with Crippen LogP contribution < -0.4 is 0 Å². The van der Waals surface area contributed by atoms with Crippen LogP contribution in [-0.4, -0.2) is 17.2 Å². The molecule has 0 aromatic rings. The molecule has 0 amide bonds. The summed E-state index contributed by atoms with van der Waals surface area (Å²) in [7, 11) is 0. The summed E-state index contributed by atoms with van der Waals surface area (Å²) in [5, 5.41) is 9.11. The number of ether oxygens (including phenoxy) is 1. The molecule has 3 heteroatoms. The Labute approximate surface area is 117 Å². The lowest BCUT2D eigenvalue weighted by Gasteiger charge is -2.19. The molecule has 0 radical (unpaired) electrons. The van der Waals surface area contributed by atoms with Gasteiger partial charge in [-0.1, -0.05) is 58.3 Å². The van der Waals surface area contributed by atoms with Gasteiger partial charge in [-0.15, -0.1) is 0 Å². The van der Waals surface area contributed by atoms with E-state index < -0.39 is 5.97 Å². The minimum absolute atomic E-state index is 0.0204. The number of cyclic esters (lactones) is 1. The molecule has 1 rings (SSSR count). The molecule has 0 aromatic heterocycles. The van der Waals surface area contributed by atoms with Crippen LogP contribution in [0.3, 0.4) is 0 Å². The first-order chi connectivity index (χ1) is 9.24. The van der Waals surface area contributed by atoms with E-state index in [4.69, 9.17) is 9.84 Å². The molecule has 1 heterocycles. The minimum atomic E-state index is -0.563. The topological polar surface area (TPSA) is 46.5 Å². The highest BCUT2D eigenvalue weighted by molar-refractivity contribution is 5.86. The molecular formula is C16H28O3. The molecule has 0 saturated carbocycles. The standard InChI is InChI=1S/C16H28O3/c1-2-3-4-5-6-7-8-9-10-11-14-12-13-15(17)16(18)19-14/h13-14,17H,2-12H2,1H3. The van der Waals surface area contributed by atoms with E-state index in [-0.39, 0.29) is 11.9 Å². The first-order valence-electron chi connectivity index (χ1n) is 7.84. The predicted octanol–water partition coefficient (Wildman–Crippen LogP) is 4.66. The van der Waals surface area contributed by atoms with Crippen molar-refractivity contribution in [1.82, 2.24) is 0 Å². The Morgan fingerprint density at radius 2 is 1.68 bits per heavy atom. The third-order valence-corrected chi connectivity index (χ3v) is 3.69. The van der Waals surface area contributed by atoms with E-state index in [1.165, 1.54) is 51.4 Å². The molecule has 0 spiro atoms. The second-order valence-electron chi connectivity index (χ2n) is 5.47. The number of hydrogen-bond donors (Lipinski definition) is 1. The van der Waals surface area contributed by atoms with E-state index in [0.717, 1.165) is 12.8 Å². The van der Waals surface area contributed by atoms with Crippen LogP contribution in [0.25, 0.3) is 0 Å². The van der Waals surface area contributed by atoms with Gasteiger partial charge < -0.3 is 9.84 Å². The Balaban J connectivity index is 1.90. The summed E-state index contributed by atoms with van der Waals surface area (Å²) < 4.78 is 5.11. The highest BCUT2D eigenvalue weighted by Gasteiger charge is 2.21. The minimum Gasteiger partial charge on any atom is -0.502 e. The van der Waals surface area contributed by atoms with E-state index >= 15 is 0 Å². The number of hydrogen-bond acceptors (Lipinski definition) is 3. The fraction of sp³-hybridized carbons (Fsp3) is 0.812. The van der Waals surface area contributed by atoms with Gasteiger partial charge in [-0.05, 0) is 18.9 Å². The van der Waals surface area contributed by atoms with Crippen molar-refractivity contribution in [2.75, 3.05) is 0 Å². The Morgan fingerprint density at radius 3 is 2.26 bits per heavy atom. The molecule has 0 fully saturated rings.